The van der Waals surface area contributed by atoms with Crippen molar-refractivity contribution in [2.75, 3.05) is 32.3 Å². The average Bonchev–Trinajstić information content (AvgIpc) is 3.10. The number of nitrogens with one attached hydrogen (secondary N) is 1. The fourth-order valence-electron chi connectivity index (χ4n) is 6.10. The van der Waals surface area contributed by atoms with E-state index in [2.05, 4.69) is 5.32 Å². The highest BCUT2D eigenvalue weighted by atomic mass is 35.5. The summed E-state index contributed by atoms with van der Waals surface area (Å²) in [5.41, 5.74) is 0.938. The molecule has 1 saturated carbocycles. The van der Waals surface area contributed by atoms with Gasteiger partial charge in [-0.15, -0.1) is 0 Å². The van der Waals surface area contributed by atoms with Crippen LogP contribution in [-0.2, 0) is 19.1 Å². The summed E-state index contributed by atoms with van der Waals surface area (Å²) in [6.45, 7) is 3.59. The number of carbonyl (C=O) groups excluding carboxylic acids is 2. The van der Waals surface area contributed by atoms with Crippen molar-refractivity contribution < 1.29 is 38.8 Å². The van der Waals surface area contributed by atoms with Crippen molar-refractivity contribution in [2.45, 2.75) is 77.0 Å². The second kappa shape index (κ2) is 14.6. The topological polar surface area (TPSA) is 135 Å². The molecule has 1 aliphatic heterocycles. The normalized spacial score (nSPS) is 20.0. The molecule has 2 aliphatic rings. The first-order valence-corrected chi connectivity index (χ1v) is 15.5. The molecule has 2 amide bonds. The minimum atomic E-state index is -1.29. The summed E-state index contributed by atoms with van der Waals surface area (Å²) in [6, 6.07) is 9.33. The first kappa shape index (κ1) is 33.6. The molecular formula is C33H43ClN2O8. The quantitative estimate of drug-likeness (QED) is 0.294. The number of para-hydroxylation sites is 1. The van der Waals surface area contributed by atoms with Crippen LogP contribution in [0, 0.1) is 11.3 Å². The molecule has 1 fully saturated rings. The Kier molecular flexibility index (Phi) is 11.2. The highest BCUT2D eigenvalue weighted by Crippen LogP contribution is 2.45. The molecule has 0 aromatic heterocycles. The van der Waals surface area contributed by atoms with Gasteiger partial charge in [0.25, 0.3) is 5.91 Å². The average molecular weight is 631 g/mol. The minimum absolute atomic E-state index is 0.125. The van der Waals surface area contributed by atoms with Gasteiger partial charge in [0.1, 0.15) is 18.2 Å². The lowest BCUT2D eigenvalue weighted by Gasteiger charge is -2.32. The van der Waals surface area contributed by atoms with E-state index >= 15 is 0 Å². The number of methoxy groups -OCH3 is 2. The van der Waals surface area contributed by atoms with Crippen LogP contribution in [-0.4, -0.2) is 67.5 Å². The molecule has 2 aromatic rings. The van der Waals surface area contributed by atoms with Gasteiger partial charge in [0.2, 0.25) is 5.91 Å². The third-order valence-electron chi connectivity index (χ3n) is 8.43. The summed E-state index contributed by atoms with van der Waals surface area (Å²) in [5.74, 6) is -1.14. The van der Waals surface area contributed by atoms with Gasteiger partial charge in [0, 0.05) is 40.4 Å². The Bertz CT molecular complexity index is 1340. The maximum absolute atomic E-state index is 14.2. The van der Waals surface area contributed by atoms with Crippen LogP contribution < -0.4 is 19.7 Å². The van der Waals surface area contributed by atoms with E-state index in [0.29, 0.717) is 39.8 Å². The molecule has 0 unspecified atom stereocenters. The van der Waals surface area contributed by atoms with Gasteiger partial charge < -0.3 is 34.6 Å². The third-order valence-corrected chi connectivity index (χ3v) is 8.67. The van der Waals surface area contributed by atoms with Gasteiger partial charge in [0.05, 0.1) is 20.6 Å². The number of aliphatic hydroxyl groups is 1. The molecule has 1 aliphatic carbocycles. The van der Waals surface area contributed by atoms with Crippen LogP contribution in [0.2, 0.25) is 5.02 Å². The largest absolute Gasteiger partial charge is 0.493 e. The number of carboxylic acid groups (broad SMARTS) is 1. The van der Waals surface area contributed by atoms with E-state index < -0.39 is 47.9 Å². The summed E-state index contributed by atoms with van der Waals surface area (Å²) >= 11 is 6.47. The minimum Gasteiger partial charge on any atom is -0.493 e. The smallest absolute Gasteiger partial charge is 0.326 e. The Balaban J connectivity index is 1.73. The number of benzene rings is 2. The first-order valence-electron chi connectivity index (χ1n) is 15.1. The number of hydrogen-bond acceptors (Lipinski definition) is 7. The Morgan fingerprint density at radius 2 is 1.84 bits per heavy atom. The Morgan fingerprint density at radius 1 is 1.11 bits per heavy atom. The van der Waals surface area contributed by atoms with E-state index in [-0.39, 0.29) is 19.1 Å². The van der Waals surface area contributed by atoms with Crippen LogP contribution in [0.3, 0.4) is 0 Å². The van der Waals surface area contributed by atoms with Gasteiger partial charge in [-0.05, 0) is 36.6 Å². The molecule has 240 valence electrons. The summed E-state index contributed by atoms with van der Waals surface area (Å²) in [6.07, 6.45) is 2.84. The zero-order chi connectivity index (χ0) is 32.0. The van der Waals surface area contributed by atoms with Gasteiger partial charge in [-0.25, -0.2) is 4.79 Å². The van der Waals surface area contributed by atoms with Gasteiger partial charge in [0.15, 0.2) is 11.5 Å². The molecule has 3 atom stereocenters. The van der Waals surface area contributed by atoms with Gasteiger partial charge in [-0.2, -0.15) is 0 Å². The predicted molar refractivity (Wildman–Crippen MR) is 166 cm³/mol. The molecule has 0 bridgehead atoms. The van der Waals surface area contributed by atoms with Crippen molar-refractivity contribution in [2.24, 2.45) is 11.3 Å². The zero-order valence-electron chi connectivity index (χ0n) is 25.8. The van der Waals surface area contributed by atoms with Crippen LogP contribution >= 0.6 is 11.6 Å². The Morgan fingerprint density at radius 3 is 2.48 bits per heavy atom. The summed E-state index contributed by atoms with van der Waals surface area (Å²) in [5, 5.41) is 23.1. The van der Waals surface area contributed by atoms with Crippen molar-refractivity contribution in [3.8, 4) is 11.5 Å². The zero-order valence-corrected chi connectivity index (χ0v) is 26.6. The van der Waals surface area contributed by atoms with Crippen LogP contribution in [0.5, 0.6) is 11.5 Å². The number of nitrogens with zero attached hydrogens (tertiary/aromatic N) is 1. The Labute approximate surface area is 263 Å². The van der Waals surface area contributed by atoms with E-state index in [1.807, 2.05) is 13.8 Å². The second-order valence-electron chi connectivity index (χ2n) is 12.4. The number of carboxylic acids is 1. The third kappa shape index (κ3) is 7.83. The van der Waals surface area contributed by atoms with Crippen LogP contribution in [0.25, 0.3) is 0 Å². The van der Waals surface area contributed by atoms with E-state index in [1.54, 1.807) is 36.4 Å². The number of ether oxygens (including phenoxy) is 3. The number of amides is 2. The molecule has 44 heavy (non-hydrogen) atoms. The summed E-state index contributed by atoms with van der Waals surface area (Å²) in [4.78, 5) is 41.3. The maximum atomic E-state index is 14.2. The lowest BCUT2D eigenvalue weighted by atomic mass is 9.85. The SMILES string of the molecule is COc1cccc([C@H]2O[C@H](CC(=O)N[C@@H](CC3CCCCC3)C(=O)O)C(=O)N(CC(C)(C)CO)c3ccc(Cl)cc32)c1OC. The van der Waals surface area contributed by atoms with E-state index in [9.17, 15) is 24.6 Å². The molecule has 3 N–H and O–H groups in total. The fourth-order valence-corrected chi connectivity index (χ4v) is 6.29. The standard InChI is InChI=1S/C33H43ClN2O8/c1-33(2,19-37)18-36-25-14-13-21(34)16-23(25)29(22-11-8-12-26(42-3)30(22)43-4)44-27(31(36)39)17-28(38)35-24(32(40)41)15-20-9-6-5-7-10-20/h8,11-14,16,20,24,27,29,37H,5-7,9-10,15,17-19H2,1-4H3,(H,35,38)(H,40,41)/t24-,27+,29+/m0/s1. The Hall–Kier alpha value is -3.34. The molecule has 0 radical (unpaired) electrons. The van der Waals surface area contributed by atoms with E-state index in [0.717, 1.165) is 32.1 Å². The van der Waals surface area contributed by atoms with Gasteiger partial charge in [-0.1, -0.05) is 69.7 Å². The fraction of sp³-hybridized carbons (Fsp3) is 0.545. The lowest BCUT2D eigenvalue weighted by molar-refractivity contribution is -0.144. The number of carbonyl (C=O) groups is 3. The van der Waals surface area contributed by atoms with Crippen LogP contribution in [0.15, 0.2) is 36.4 Å². The van der Waals surface area contributed by atoms with Crippen molar-refractivity contribution in [3.05, 3.63) is 52.5 Å². The molecule has 0 saturated heterocycles. The maximum Gasteiger partial charge on any atom is 0.326 e. The highest BCUT2D eigenvalue weighted by molar-refractivity contribution is 6.30. The number of anilines is 1. The molecule has 4 rings (SSSR count). The predicted octanol–water partition coefficient (Wildman–Crippen LogP) is 5.13. The molecule has 1 heterocycles. The van der Waals surface area contributed by atoms with Crippen molar-refractivity contribution in [1.82, 2.24) is 5.32 Å². The van der Waals surface area contributed by atoms with Crippen molar-refractivity contribution in [3.63, 3.8) is 0 Å². The highest BCUT2D eigenvalue weighted by Gasteiger charge is 2.41. The van der Waals surface area contributed by atoms with Crippen molar-refractivity contribution in [1.29, 1.82) is 0 Å². The molecule has 11 heteroatoms. The molecular weight excluding hydrogens is 588 g/mol. The number of rotatable bonds is 12. The van der Waals surface area contributed by atoms with Crippen molar-refractivity contribution >= 4 is 35.1 Å². The van der Waals surface area contributed by atoms with E-state index in [1.165, 1.54) is 19.1 Å². The second-order valence-corrected chi connectivity index (χ2v) is 12.9. The number of aliphatic hydroxyl groups excluding tert-OH is 1. The van der Waals surface area contributed by atoms with Gasteiger partial charge in [-0.3, -0.25) is 9.59 Å². The summed E-state index contributed by atoms with van der Waals surface area (Å²) < 4.78 is 17.8. The van der Waals surface area contributed by atoms with Crippen LogP contribution in [0.1, 0.15) is 76.0 Å². The molecule has 10 nitrogen and oxygen atoms in total. The van der Waals surface area contributed by atoms with Crippen LogP contribution in [0.4, 0.5) is 5.69 Å². The van der Waals surface area contributed by atoms with E-state index in [4.69, 9.17) is 25.8 Å². The monoisotopic (exact) mass is 630 g/mol. The molecule has 0 spiro atoms. The summed E-state index contributed by atoms with van der Waals surface area (Å²) in [7, 11) is 3.02. The lowest BCUT2D eigenvalue weighted by Crippen LogP contribution is -2.48. The first-order chi connectivity index (χ1) is 21.0. The number of halogens is 1. The van der Waals surface area contributed by atoms with Gasteiger partial charge >= 0.3 is 5.97 Å². The number of fused-ring (bicyclic) bond motifs is 1. The molecule has 2 aromatic carbocycles. The number of aliphatic carboxylic acids is 1. The number of hydrogen-bond donors (Lipinski definition) is 3.